The van der Waals surface area contributed by atoms with Gasteiger partial charge < -0.3 is 9.84 Å². The summed E-state index contributed by atoms with van der Waals surface area (Å²) in [5.41, 5.74) is -0.893. The van der Waals surface area contributed by atoms with E-state index >= 15 is 0 Å². The fourth-order valence-electron chi connectivity index (χ4n) is 2.53. The Balaban J connectivity index is 1.81. The summed E-state index contributed by atoms with van der Waals surface area (Å²) in [4.78, 5) is 15.5. The molecule has 0 saturated heterocycles. The number of pyridine rings is 1. The van der Waals surface area contributed by atoms with Crippen molar-refractivity contribution in [2.75, 3.05) is 17.5 Å². The van der Waals surface area contributed by atoms with E-state index < -0.39 is 23.5 Å². The van der Waals surface area contributed by atoms with E-state index in [2.05, 4.69) is 4.98 Å². The number of rotatable bonds is 8. The predicted molar refractivity (Wildman–Crippen MR) is 113 cm³/mol. The first-order valence-electron chi connectivity index (χ1n) is 9.03. The highest BCUT2D eigenvalue weighted by molar-refractivity contribution is 8.00. The number of carboxylic acids is 1. The summed E-state index contributed by atoms with van der Waals surface area (Å²) in [6.07, 6.45) is -3.91. The van der Waals surface area contributed by atoms with E-state index in [4.69, 9.17) is 21.4 Å². The zero-order chi connectivity index (χ0) is 23.3. The summed E-state index contributed by atoms with van der Waals surface area (Å²) in [5.74, 6) is -1.01. The Hall–Kier alpha value is -2.98. The maximum atomic E-state index is 13.0. The minimum Gasteiger partial charge on any atom is -0.492 e. The van der Waals surface area contributed by atoms with Crippen molar-refractivity contribution in [2.45, 2.75) is 11.1 Å². The quantitative estimate of drug-likeness (QED) is 0.303. The number of carbonyl (C=O) groups is 1. The third kappa shape index (κ3) is 6.27. The molecular weight excluding hydrogens is 472 g/mol. The zero-order valence-electron chi connectivity index (χ0n) is 16.1. The standard InChI is InChI=1S/C21H15ClF4N2O3S/c22-18-11-14(21(24,25)26)12-27-19(18)28(9-10-31-16-5-3-15(23)4-6-16)32-17-7-1-13(2-8-17)20(29)30/h1-8,11-12H,9-10H2,(H,29,30). The smallest absolute Gasteiger partial charge is 0.417 e. The maximum Gasteiger partial charge on any atom is 0.417 e. The van der Waals surface area contributed by atoms with Crippen LogP contribution >= 0.6 is 23.5 Å². The fourth-order valence-corrected chi connectivity index (χ4v) is 3.76. The van der Waals surface area contributed by atoms with Gasteiger partial charge in [0.15, 0.2) is 5.82 Å². The van der Waals surface area contributed by atoms with Gasteiger partial charge in [-0.25, -0.2) is 14.2 Å². The Kier molecular flexibility index (Phi) is 7.47. The van der Waals surface area contributed by atoms with E-state index in [1.807, 2.05) is 0 Å². The number of anilines is 1. The van der Waals surface area contributed by atoms with Crippen LogP contribution in [0.4, 0.5) is 23.4 Å². The van der Waals surface area contributed by atoms with Gasteiger partial charge in [-0.1, -0.05) is 11.6 Å². The van der Waals surface area contributed by atoms with Crippen LogP contribution in [0, 0.1) is 5.82 Å². The number of halogens is 5. The highest BCUT2D eigenvalue weighted by Gasteiger charge is 2.32. The Labute approximate surface area is 189 Å². The van der Waals surface area contributed by atoms with Crippen LogP contribution in [0.15, 0.2) is 65.7 Å². The topological polar surface area (TPSA) is 62.7 Å². The van der Waals surface area contributed by atoms with Crippen molar-refractivity contribution in [1.82, 2.24) is 4.98 Å². The first kappa shape index (κ1) is 23.7. The van der Waals surface area contributed by atoms with E-state index in [0.717, 1.165) is 18.0 Å². The molecule has 0 spiro atoms. The van der Waals surface area contributed by atoms with Crippen LogP contribution in [0.5, 0.6) is 5.75 Å². The van der Waals surface area contributed by atoms with Crippen molar-refractivity contribution in [2.24, 2.45) is 0 Å². The lowest BCUT2D eigenvalue weighted by Gasteiger charge is -2.24. The molecule has 0 bridgehead atoms. The second kappa shape index (κ2) is 10.1. The van der Waals surface area contributed by atoms with Crippen LogP contribution in [-0.2, 0) is 6.18 Å². The Bertz CT molecular complexity index is 1080. The van der Waals surface area contributed by atoms with Gasteiger partial charge in [-0.2, -0.15) is 13.2 Å². The van der Waals surface area contributed by atoms with E-state index in [1.54, 1.807) is 12.1 Å². The number of aromatic nitrogens is 1. The molecule has 2 aromatic carbocycles. The number of benzene rings is 2. The average molecular weight is 487 g/mol. The monoisotopic (exact) mass is 486 g/mol. The minimum absolute atomic E-state index is 0.0784. The van der Waals surface area contributed by atoms with Gasteiger partial charge in [0.25, 0.3) is 0 Å². The van der Waals surface area contributed by atoms with Gasteiger partial charge >= 0.3 is 12.1 Å². The second-order valence-electron chi connectivity index (χ2n) is 6.35. The summed E-state index contributed by atoms with van der Waals surface area (Å²) in [5, 5.41) is 8.82. The maximum absolute atomic E-state index is 13.0. The largest absolute Gasteiger partial charge is 0.492 e. The molecule has 0 aliphatic heterocycles. The molecule has 3 rings (SSSR count). The normalized spacial score (nSPS) is 11.3. The number of hydrogen-bond acceptors (Lipinski definition) is 5. The molecule has 3 aromatic rings. The highest BCUT2D eigenvalue weighted by atomic mass is 35.5. The van der Waals surface area contributed by atoms with E-state index in [-0.39, 0.29) is 29.6 Å². The Morgan fingerprint density at radius 3 is 2.34 bits per heavy atom. The molecule has 1 N–H and O–H groups in total. The highest BCUT2D eigenvalue weighted by Crippen LogP contribution is 2.36. The Morgan fingerprint density at radius 1 is 1.12 bits per heavy atom. The van der Waals surface area contributed by atoms with E-state index in [9.17, 15) is 22.4 Å². The van der Waals surface area contributed by atoms with Gasteiger partial charge in [0.05, 0.1) is 22.7 Å². The molecule has 0 aliphatic carbocycles. The fraction of sp³-hybridized carbons (Fsp3) is 0.143. The minimum atomic E-state index is -4.59. The van der Waals surface area contributed by atoms with E-state index in [0.29, 0.717) is 16.8 Å². The van der Waals surface area contributed by atoms with Gasteiger partial charge in [-0.15, -0.1) is 0 Å². The molecule has 5 nitrogen and oxygen atoms in total. The van der Waals surface area contributed by atoms with Gasteiger partial charge in [-0.3, -0.25) is 4.31 Å². The zero-order valence-corrected chi connectivity index (χ0v) is 17.7. The number of aromatic carboxylic acids is 1. The lowest BCUT2D eigenvalue weighted by molar-refractivity contribution is -0.137. The van der Waals surface area contributed by atoms with Gasteiger partial charge in [-0.05, 0) is 66.5 Å². The van der Waals surface area contributed by atoms with Crippen molar-refractivity contribution in [3.05, 3.63) is 82.8 Å². The summed E-state index contributed by atoms with van der Waals surface area (Å²) in [7, 11) is 0. The van der Waals surface area contributed by atoms with Crippen molar-refractivity contribution < 1.29 is 32.2 Å². The number of ether oxygens (including phenoxy) is 1. The number of alkyl halides is 3. The first-order chi connectivity index (χ1) is 15.1. The SMILES string of the molecule is O=C(O)c1ccc(SN(CCOc2ccc(F)cc2)c2ncc(C(F)(F)F)cc2Cl)cc1. The molecule has 0 atom stereocenters. The molecule has 0 unspecified atom stereocenters. The number of nitrogens with zero attached hydrogens (tertiary/aromatic N) is 2. The van der Waals surface area contributed by atoms with Crippen LogP contribution in [0.25, 0.3) is 0 Å². The van der Waals surface area contributed by atoms with Crippen LogP contribution in [0.1, 0.15) is 15.9 Å². The lowest BCUT2D eigenvalue weighted by atomic mass is 10.2. The Morgan fingerprint density at radius 2 is 1.78 bits per heavy atom. The molecule has 0 saturated carbocycles. The van der Waals surface area contributed by atoms with Crippen LogP contribution in [0.2, 0.25) is 5.02 Å². The van der Waals surface area contributed by atoms with E-state index in [1.165, 1.54) is 40.7 Å². The third-order valence-electron chi connectivity index (χ3n) is 4.08. The van der Waals surface area contributed by atoms with Crippen molar-refractivity contribution in [1.29, 1.82) is 0 Å². The van der Waals surface area contributed by atoms with Gasteiger partial charge in [0.2, 0.25) is 0 Å². The lowest BCUT2D eigenvalue weighted by Crippen LogP contribution is -2.23. The van der Waals surface area contributed by atoms with Crippen LogP contribution < -0.4 is 9.04 Å². The number of hydrogen-bond donors (Lipinski definition) is 1. The molecule has 168 valence electrons. The average Bonchev–Trinajstić information content (AvgIpc) is 2.74. The predicted octanol–water partition coefficient (Wildman–Crippen LogP) is 6.18. The molecule has 1 aromatic heterocycles. The molecule has 11 heteroatoms. The van der Waals surface area contributed by atoms with Crippen LogP contribution in [-0.4, -0.2) is 29.2 Å². The van der Waals surface area contributed by atoms with Crippen molar-refractivity contribution in [3.8, 4) is 5.75 Å². The third-order valence-corrected chi connectivity index (χ3v) is 5.42. The first-order valence-corrected chi connectivity index (χ1v) is 10.2. The second-order valence-corrected chi connectivity index (χ2v) is 7.85. The summed E-state index contributed by atoms with van der Waals surface area (Å²) in [6.45, 7) is 0.242. The molecule has 0 radical (unpaired) electrons. The van der Waals surface area contributed by atoms with Crippen LogP contribution in [0.3, 0.4) is 0 Å². The molecule has 0 aliphatic rings. The van der Waals surface area contributed by atoms with Crippen molar-refractivity contribution >= 4 is 35.3 Å². The molecule has 0 amide bonds. The van der Waals surface area contributed by atoms with Gasteiger partial charge in [0, 0.05) is 11.1 Å². The summed E-state index contributed by atoms with van der Waals surface area (Å²) >= 11 is 7.20. The summed E-state index contributed by atoms with van der Waals surface area (Å²) < 4.78 is 59.0. The van der Waals surface area contributed by atoms with Crippen molar-refractivity contribution in [3.63, 3.8) is 0 Å². The molecular formula is C21H15ClF4N2O3S. The summed E-state index contributed by atoms with van der Waals surface area (Å²) in [6, 6.07) is 12.1. The number of carboxylic acid groups (broad SMARTS) is 1. The van der Waals surface area contributed by atoms with Gasteiger partial charge in [0.1, 0.15) is 18.2 Å². The molecule has 1 heterocycles. The molecule has 0 fully saturated rings. The molecule has 32 heavy (non-hydrogen) atoms.